The topological polar surface area (TPSA) is 107 Å². The maximum Gasteiger partial charge on any atom is 0.339 e. The van der Waals surface area contributed by atoms with Crippen LogP contribution in [0.5, 0.6) is 11.5 Å². The third kappa shape index (κ3) is 4.68. The van der Waals surface area contributed by atoms with Crippen LogP contribution in [0.4, 0.5) is 0 Å². The minimum atomic E-state index is -1.02. The first kappa shape index (κ1) is 21.6. The number of carboxylic acid groups (broad SMARTS) is 1. The molecule has 0 spiro atoms. The molecule has 1 saturated heterocycles. The van der Waals surface area contributed by atoms with Crippen molar-refractivity contribution < 1.29 is 29.6 Å². The molecule has 0 aliphatic carbocycles. The number of carboxylic acids is 1. The molecule has 4 rings (SSSR count). The number of benzene rings is 3. The van der Waals surface area contributed by atoms with E-state index in [1.807, 2.05) is 0 Å². The van der Waals surface area contributed by atoms with E-state index in [4.69, 9.17) is 9.84 Å². The van der Waals surface area contributed by atoms with Crippen molar-refractivity contribution in [3.63, 3.8) is 0 Å². The molecule has 0 atom stereocenters. The van der Waals surface area contributed by atoms with Gasteiger partial charge in [-0.3, -0.25) is 4.90 Å². The highest BCUT2D eigenvalue weighted by atomic mass is 16.5. The van der Waals surface area contributed by atoms with E-state index in [0.717, 1.165) is 31.5 Å². The van der Waals surface area contributed by atoms with Crippen LogP contribution in [0.25, 0.3) is 10.8 Å². The van der Waals surface area contributed by atoms with Crippen molar-refractivity contribution >= 4 is 22.7 Å². The molecule has 1 aliphatic rings. The standard InChI is InChI=1S/C25H25NO6/c27-22-14-18-8-9-19(25(31)32-15-26-10-2-1-3-11-26)13-20(18)23(28)21(22)12-16-4-6-17(7-5-16)24(29)30/h4-9,13-14,27-28H,1-3,10-12,15H2,(H,29,30). The van der Waals surface area contributed by atoms with Gasteiger partial charge < -0.3 is 20.1 Å². The van der Waals surface area contributed by atoms with Gasteiger partial charge in [0.15, 0.2) is 0 Å². The number of hydrogen-bond donors (Lipinski definition) is 3. The third-order valence-corrected chi connectivity index (χ3v) is 5.84. The highest BCUT2D eigenvalue weighted by Gasteiger charge is 2.17. The number of phenols is 2. The summed E-state index contributed by atoms with van der Waals surface area (Å²) in [4.78, 5) is 25.7. The Morgan fingerprint density at radius 1 is 0.906 bits per heavy atom. The van der Waals surface area contributed by atoms with E-state index in [1.54, 1.807) is 36.4 Å². The molecule has 3 N–H and O–H groups in total. The van der Waals surface area contributed by atoms with Gasteiger partial charge in [0.25, 0.3) is 0 Å². The van der Waals surface area contributed by atoms with Crippen LogP contribution in [-0.4, -0.2) is 52.0 Å². The first-order valence-electron chi connectivity index (χ1n) is 10.6. The Hall–Kier alpha value is -3.58. The van der Waals surface area contributed by atoms with E-state index < -0.39 is 11.9 Å². The fourth-order valence-corrected chi connectivity index (χ4v) is 4.00. The van der Waals surface area contributed by atoms with Gasteiger partial charge in [-0.05, 0) is 54.1 Å². The highest BCUT2D eigenvalue weighted by molar-refractivity contribution is 5.98. The number of rotatable bonds is 6. The normalized spacial score (nSPS) is 14.4. The number of likely N-dealkylation sites (tertiary alicyclic amines) is 1. The SMILES string of the molecule is O=C(O)c1ccc(Cc2c(O)cc3ccc(C(=O)OCN4CCCCC4)cc3c2O)cc1. The quantitative estimate of drug-likeness (QED) is 0.500. The second-order valence-corrected chi connectivity index (χ2v) is 8.08. The molecular weight excluding hydrogens is 410 g/mol. The number of nitrogens with zero attached hydrogens (tertiary/aromatic N) is 1. The molecule has 0 bridgehead atoms. The van der Waals surface area contributed by atoms with E-state index in [0.29, 0.717) is 21.9 Å². The van der Waals surface area contributed by atoms with Crippen LogP contribution in [0.3, 0.4) is 0 Å². The average Bonchev–Trinajstić information content (AvgIpc) is 2.81. The number of fused-ring (bicyclic) bond motifs is 1. The van der Waals surface area contributed by atoms with Crippen LogP contribution >= 0.6 is 0 Å². The van der Waals surface area contributed by atoms with Gasteiger partial charge in [-0.15, -0.1) is 0 Å². The monoisotopic (exact) mass is 435 g/mol. The van der Waals surface area contributed by atoms with Crippen molar-refractivity contribution in [3.8, 4) is 11.5 Å². The van der Waals surface area contributed by atoms with Crippen LogP contribution in [-0.2, 0) is 11.2 Å². The molecule has 0 aromatic heterocycles. The first-order valence-corrected chi connectivity index (χ1v) is 10.6. The predicted octanol–water partition coefficient (Wildman–Crippen LogP) is 4.14. The molecule has 166 valence electrons. The summed E-state index contributed by atoms with van der Waals surface area (Å²) < 4.78 is 5.44. The van der Waals surface area contributed by atoms with Crippen molar-refractivity contribution in [2.75, 3.05) is 19.8 Å². The van der Waals surface area contributed by atoms with E-state index >= 15 is 0 Å². The average molecular weight is 435 g/mol. The zero-order valence-corrected chi connectivity index (χ0v) is 17.6. The molecule has 7 nitrogen and oxygen atoms in total. The van der Waals surface area contributed by atoms with E-state index in [2.05, 4.69) is 4.90 Å². The molecule has 1 aliphatic heterocycles. The molecule has 32 heavy (non-hydrogen) atoms. The largest absolute Gasteiger partial charge is 0.507 e. The molecule has 7 heteroatoms. The first-order chi connectivity index (χ1) is 15.4. The van der Waals surface area contributed by atoms with Crippen molar-refractivity contribution in [1.29, 1.82) is 0 Å². The second-order valence-electron chi connectivity index (χ2n) is 8.08. The molecule has 0 amide bonds. The smallest absolute Gasteiger partial charge is 0.339 e. The Labute approximate surface area is 185 Å². The number of carbonyl (C=O) groups is 2. The van der Waals surface area contributed by atoms with Crippen LogP contribution in [0.15, 0.2) is 48.5 Å². The number of hydrogen-bond acceptors (Lipinski definition) is 6. The summed E-state index contributed by atoms with van der Waals surface area (Å²) in [5, 5.41) is 31.4. The minimum absolute atomic E-state index is 0.0715. The van der Waals surface area contributed by atoms with Crippen molar-refractivity contribution in [1.82, 2.24) is 4.90 Å². The number of phenolic OH excluding ortho intramolecular Hbond substituents is 2. The van der Waals surface area contributed by atoms with Gasteiger partial charge >= 0.3 is 11.9 Å². The molecule has 0 saturated carbocycles. The zero-order valence-electron chi connectivity index (χ0n) is 17.6. The third-order valence-electron chi connectivity index (χ3n) is 5.84. The fourth-order valence-electron chi connectivity index (χ4n) is 4.00. The van der Waals surface area contributed by atoms with E-state index in [9.17, 15) is 19.8 Å². The maximum atomic E-state index is 12.5. The lowest BCUT2D eigenvalue weighted by Gasteiger charge is -2.25. The van der Waals surface area contributed by atoms with Gasteiger partial charge in [0, 0.05) is 30.5 Å². The van der Waals surface area contributed by atoms with Crippen molar-refractivity contribution in [2.45, 2.75) is 25.7 Å². The summed E-state index contributed by atoms with van der Waals surface area (Å²) in [7, 11) is 0. The lowest BCUT2D eigenvalue weighted by atomic mass is 9.97. The Kier molecular flexibility index (Phi) is 6.28. The summed E-state index contributed by atoms with van der Waals surface area (Å²) in [6.07, 6.45) is 3.61. The number of piperidine rings is 1. The Morgan fingerprint density at radius 2 is 1.59 bits per heavy atom. The van der Waals surface area contributed by atoms with Gasteiger partial charge in [0.05, 0.1) is 11.1 Å². The fraction of sp³-hybridized carbons (Fsp3) is 0.280. The molecule has 3 aromatic rings. The van der Waals surface area contributed by atoms with Gasteiger partial charge in [-0.2, -0.15) is 0 Å². The zero-order chi connectivity index (χ0) is 22.7. The lowest BCUT2D eigenvalue weighted by Crippen LogP contribution is -2.32. The number of aromatic hydroxyl groups is 2. The number of ether oxygens (including phenoxy) is 1. The van der Waals surface area contributed by atoms with Gasteiger partial charge in [-0.1, -0.05) is 24.6 Å². The molecule has 3 aromatic carbocycles. The summed E-state index contributed by atoms with van der Waals surface area (Å²) in [5.74, 6) is -1.67. The Balaban J connectivity index is 1.56. The van der Waals surface area contributed by atoms with Crippen LogP contribution in [0.1, 0.15) is 51.1 Å². The highest BCUT2D eigenvalue weighted by Crippen LogP contribution is 2.37. The van der Waals surface area contributed by atoms with Gasteiger partial charge in [0.2, 0.25) is 0 Å². The van der Waals surface area contributed by atoms with Crippen molar-refractivity contribution in [2.24, 2.45) is 0 Å². The summed E-state index contributed by atoms with van der Waals surface area (Å²) in [5.41, 5.74) is 1.53. The number of carbonyl (C=O) groups excluding carboxylic acids is 1. The van der Waals surface area contributed by atoms with Crippen LogP contribution in [0, 0.1) is 0 Å². The van der Waals surface area contributed by atoms with Gasteiger partial charge in [0.1, 0.15) is 18.2 Å². The number of aromatic carboxylic acids is 1. The van der Waals surface area contributed by atoms with Crippen molar-refractivity contribution in [3.05, 3.63) is 70.8 Å². The molecule has 1 heterocycles. The maximum absolute atomic E-state index is 12.5. The lowest BCUT2D eigenvalue weighted by molar-refractivity contribution is 0.0171. The Morgan fingerprint density at radius 3 is 2.28 bits per heavy atom. The van der Waals surface area contributed by atoms with Gasteiger partial charge in [-0.25, -0.2) is 9.59 Å². The minimum Gasteiger partial charge on any atom is -0.507 e. The van der Waals surface area contributed by atoms with Crippen LogP contribution in [0.2, 0.25) is 0 Å². The second kappa shape index (κ2) is 9.28. The van der Waals surface area contributed by atoms with E-state index in [1.165, 1.54) is 18.6 Å². The molecule has 0 radical (unpaired) electrons. The van der Waals surface area contributed by atoms with Crippen LogP contribution < -0.4 is 0 Å². The van der Waals surface area contributed by atoms with E-state index in [-0.39, 0.29) is 30.2 Å². The molecule has 0 unspecified atom stereocenters. The summed E-state index contributed by atoms with van der Waals surface area (Å²) in [6, 6.07) is 12.6. The summed E-state index contributed by atoms with van der Waals surface area (Å²) >= 11 is 0. The molecular formula is C25H25NO6. The molecule has 1 fully saturated rings. The predicted molar refractivity (Wildman–Crippen MR) is 119 cm³/mol. The Bertz CT molecular complexity index is 1150. The summed E-state index contributed by atoms with van der Waals surface area (Å²) in [6.45, 7) is 2.08. The number of esters is 1.